The Hall–Kier alpha value is -1.76. The van der Waals surface area contributed by atoms with Crippen LogP contribution in [-0.2, 0) is 11.2 Å². The highest BCUT2D eigenvalue weighted by atomic mass is 32.1. The molecule has 0 bridgehead atoms. The number of carbonyl (C=O) groups is 1. The van der Waals surface area contributed by atoms with Crippen molar-refractivity contribution in [1.82, 2.24) is 20.2 Å². The second kappa shape index (κ2) is 5.26. The normalized spacial score (nSPS) is 14.3. The van der Waals surface area contributed by atoms with E-state index in [0.29, 0.717) is 12.2 Å². The summed E-state index contributed by atoms with van der Waals surface area (Å²) in [6.45, 7) is 3.47. The van der Waals surface area contributed by atoms with Crippen LogP contribution in [0.25, 0.3) is 0 Å². The van der Waals surface area contributed by atoms with Gasteiger partial charge in [-0.2, -0.15) is 11.3 Å². The first-order valence-corrected chi connectivity index (χ1v) is 6.54. The van der Waals surface area contributed by atoms with Gasteiger partial charge in [-0.1, -0.05) is 0 Å². The summed E-state index contributed by atoms with van der Waals surface area (Å²) in [5, 5.41) is 24.5. The van der Waals surface area contributed by atoms with Gasteiger partial charge in [0.2, 0.25) is 0 Å². The van der Waals surface area contributed by atoms with Gasteiger partial charge in [0, 0.05) is 6.42 Å². The Morgan fingerprint density at radius 3 is 2.94 bits per heavy atom. The first kappa shape index (κ1) is 12.7. The molecule has 0 aromatic carbocycles. The largest absolute Gasteiger partial charge is 0.481 e. The lowest BCUT2D eigenvalue weighted by Crippen LogP contribution is -2.24. The molecule has 0 saturated heterocycles. The van der Waals surface area contributed by atoms with E-state index in [0.717, 1.165) is 5.56 Å². The topological polar surface area (TPSA) is 80.9 Å². The third-order valence-corrected chi connectivity index (χ3v) is 3.73. The zero-order chi connectivity index (χ0) is 13.1. The van der Waals surface area contributed by atoms with Gasteiger partial charge in [-0.25, -0.2) is 4.68 Å². The molecule has 0 aliphatic heterocycles. The van der Waals surface area contributed by atoms with Gasteiger partial charge in [-0.05, 0) is 46.7 Å². The molecule has 2 aromatic heterocycles. The molecule has 2 atom stereocenters. The van der Waals surface area contributed by atoms with E-state index in [9.17, 15) is 4.79 Å². The second-order valence-corrected chi connectivity index (χ2v) is 5.00. The maximum absolute atomic E-state index is 11.0. The van der Waals surface area contributed by atoms with Gasteiger partial charge in [-0.3, -0.25) is 4.79 Å². The molecule has 96 valence electrons. The molecule has 2 aromatic rings. The van der Waals surface area contributed by atoms with Crippen LogP contribution >= 0.6 is 11.3 Å². The maximum atomic E-state index is 11.0. The molecule has 0 fully saturated rings. The van der Waals surface area contributed by atoms with Gasteiger partial charge in [0.1, 0.15) is 0 Å². The van der Waals surface area contributed by atoms with E-state index in [1.165, 1.54) is 0 Å². The number of hydrogen-bond acceptors (Lipinski definition) is 5. The van der Waals surface area contributed by atoms with Crippen molar-refractivity contribution in [2.45, 2.75) is 26.3 Å². The summed E-state index contributed by atoms with van der Waals surface area (Å²) >= 11 is 1.61. The molecule has 0 amide bonds. The SMILES string of the molecule is CC(C(=O)O)C(C)n1nnnc1Cc1ccsc1. The second-order valence-electron chi connectivity index (χ2n) is 4.22. The van der Waals surface area contributed by atoms with Gasteiger partial charge < -0.3 is 5.11 Å². The molecule has 6 nitrogen and oxygen atoms in total. The van der Waals surface area contributed by atoms with E-state index in [1.807, 2.05) is 23.8 Å². The molecule has 2 heterocycles. The molecular weight excluding hydrogens is 252 g/mol. The van der Waals surface area contributed by atoms with Gasteiger partial charge in [-0.15, -0.1) is 5.10 Å². The Bertz CT molecular complexity index is 523. The smallest absolute Gasteiger partial charge is 0.308 e. The van der Waals surface area contributed by atoms with Crippen LogP contribution in [0.1, 0.15) is 31.3 Å². The molecule has 18 heavy (non-hydrogen) atoms. The third-order valence-electron chi connectivity index (χ3n) is 3.00. The fraction of sp³-hybridized carbons (Fsp3) is 0.455. The van der Waals surface area contributed by atoms with Gasteiger partial charge >= 0.3 is 5.97 Å². The first-order chi connectivity index (χ1) is 8.59. The summed E-state index contributed by atoms with van der Waals surface area (Å²) in [4.78, 5) is 11.0. The van der Waals surface area contributed by atoms with Crippen LogP contribution in [0, 0.1) is 5.92 Å². The van der Waals surface area contributed by atoms with Gasteiger partial charge in [0.15, 0.2) is 5.82 Å². The fourth-order valence-corrected chi connectivity index (χ4v) is 2.31. The molecule has 2 unspecified atom stereocenters. The van der Waals surface area contributed by atoms with Crippen molar-refractivity contribution in [2.24, 2.45) is 5.92 Å². The van der Waals surface area contributed by atoms with Crippen molar-refractivity contribution in [3.63, 3.8) is 0 Å². The maximum Gasteiger partial charge on any atom is 0.308 e. The molecule has 1 N–H and O–H groups in total. The van der Waals surface area contributed by atoms with Gasteiger partial charge in [0.05, 0.1) is 12.0 Å². The van der Waals surface area contributed by atoms with Crippen molar-refractivity contribution in [3.05, 3.63) is 28.2 Å². The van der Waals surface area contributed by atoms with Crippen LogP contribution in [0.4, 0.5) is 0 Å². The number of rotatable bonds is 5. The zero-order valence-electron chi connectivity index (χ0n) is 10.1. The van der Waals surface area contributed by atoms with Crippen LogP contribution in [-0.4, -0.2) is 31.3 Å². The van der Waals surface area contributed by atoms with E-state index in [4.69, 9.17) is 5.11 Å². The number of carboxylic acids is 1. The van der Waals surface area contributed by atoms with E-state index in [-0.39, 0.29) is 6.04 Å². The average molecular weight is 266 g/mol. The summed E-state index contributed by atoms with van der Waals surface area (Å²) in [7, 11) is 0. The predicted octanol–water partition coefficient (Wildman–Crippen LogP) is 1.61. The van der Waals surface area contributed by atoms with Crippen molar-refractivity contribution >= 4 is 17.3 Å². The van der Waals surface area contributed by atoms with E-state index >= 15 is 0 Å². The standard InChI is InChI=1S/C11H14N4O2S/c1-7(11(16)17)8(2)15-10(12-13-14-15)5-9-3-4-18-6-9/h3-4,6-8H,5H2,1-2H3,(H,16,17). The van der Waals surface area contributed by atoms with Gasteiger partial charge in [0.25, 0.3) is 0 Å². The highest BCUT2D eigenvalue weighted by molar-refractivity contribution is 7.07. The molecule has 0 aliphatic carbocycles. The highest BCUT2D eigenvalue weighted by Gasteiger charge is 2.24. The van der Waals surface area contributed by atoms with Crippen molar-refractivity contribution in [1.29, 1.82) is 0 Å². The van der Waals surface area contributed by atoms with E-state index in [2.05, 4.69) is 15.5 Å². The van der Waals surface area contributed by atoms with E-state index < -0.39 is 11.9 Å². The third kappa shape index (κ3) is 2.56. The molecule has 2 rings (SSSR count). The minimum Gasteiger partial charge on any atom is -0.481 e. The Kier molecular flexibility index (Phi) is 3.71. The van der Waals surface area contributed by atoms with Crippen LogP contribution in [0.2, 0.25) is 0 Å². The summed E-state index contributed by atoms with van der Waals surface area (Å²) < 4.78 is 1.59. The quantitative estimate of drug-likeness (QED) is 0.889. The van der Waals surface area contributed by atoms with Crippen LogP contribution in [0.5, 0.6) is 0 Å². The lowest BCUT2D eigenvalue weighted by atomic mass is 10.0. The van der Waals surface area contributed by atoms with Crippen molar-refractivity contribution < 1.29 is 9.90 Å². The number of aromatic nitrogens is 4. The Balaban J connectivity index is 2.19. The molecule has 7 heteroatoms. The number of carboxylic acid groups (broad SMARTS) is 1. The molecular formula is C11H14N4O2S. The Morgan fingerprint density at radius 2 is 2.33 bits per heavy atom. The molecule has 0 saturated carbocycles. The summed E-state index contributed by atoms with van der Waals surface area (Å²) in [6, 6.07) is 1.74. The predicted molar refractivity (Wildman–Crippen MR) is 66.5 cm³/mol. The minimum atomic E-state index is -0.848. The summed E-state index contributed by atoms with van der Waals surface area (Å²) in [6.07, 6.45) is 0.618. The fourth-order valence-electron chi connectivity index (χ4n) is 1.64. The van der Waals surface area contributed by atoms with E-state index in [1.54, 1.807) is 22.9 Å². The molecule has 0 radical (unpaired) electrons. The number of thiophene rings is 1. The lowest BCUT2D eigenvalue weighted by molar-refractivity contribution is -0.142. The van der Waals surface area contributed by atoms with Crippen LogP contribution < -0.4 is 0 Å². The highest BCUT2D eigenvalue weighted by Crippen LogP contribution is 2.19. The average Bonchev–Trinajstić information content (AvgIpc) is 2.99. The van der Waals surface area contributed by atoms with Crippen LogP contribution in [0.15, 0.2) is 16.8 Å². The summed E-state index contributed by atoms with van der Waals surface area (Å²) in [5.41, 5.74) is 1.13. The lowest BCUT2D eigenvalue weighted by Gasteiger charge is -2.17. The number of aliphatic carboxylic acids is 1. The summed E-state index contributed by atoms with van der Waals surface area (Å²) in [5.74, 6) is -0.691. The minimum absolute atomic E-state index is 0.272. The number of nitrogens with zero attached hydrogens (tertiary/aromatic N) is 4. The van der Waals surface area contributed by atoms with Crippen molar-refractivity contribution in [2.75, 3.05) is 0 Å². The monoisotopic (exact) mass is 266 g/mol. The Labute approximate surface area is 108 Å². The first-order valence-electron chi connectivity index (χ1n) is 5.60. The number of hydrogen-bond donors (Lipinski definition) is 1. The molecule has 0 aliphatic rings. The number of tetrazole rings is 1. The molecule has 0 spiro atoms. The van der Waals surface area contributed by atoms with Crippen molar-refractivity contribution in [3.8, 4) is 0 Å². The zero-order valence-corrected chi connectivity index (χ0v) is 11.0. The van der Waals surface area contributed by atoms with Crippen LogP contribution in [0.3, 0.4) is 0 Å². The Morgan fingerprint density at radius 1 is 1.56 bits per heavy atom.